The molecule has 0 radical (unpaired) electrons. The normalized spacial score (nSPS) is 10.3. The van der Waals surface area contributed by atoms with Gasteiger partial charge in [-0.15, -0.1) is 0 Å². The number of benzene rings is 3. The van der Waals surface area contributed by atoms with Crippen molar-refractivity contribution in [3.05, 3.63) is 78.4 Å². The molecule has 0 aromatic heterocycles. The van der Waals surface area contributed by atoms with Crippen LogP contribution in [0.1, 0.15) is 10.4 Å². The average molecular weight is 377 g/mol. The van der Waals surface area contributed by atoms with Crippen LogP contribution in [0.3, 0.4) is 0 Å². The maximum absolute atomic E-state index is 12.6. The van der Waals surface area contributed by atoms with Crippen LogP contribution in [0.5, 0.6) is 11.5 Å². The third kappa shape index (κ3) is 5.02. The third-order valence-corrected chi connectivity index (χ3v) is 4.01. The Kier molecular flexibility index (Phi) is 6.49. The fourth-order valence-electron chi connectivity index (χ4n) is 2.64. The molecule has 144 valence electrons. The molecule has 0 spiro atoms. The highest BCUT2D eigenvalue weighted by atomic mass is 16.5. The van der Waals surface area contributed by atoms with E-state index in [1.807, 2.05) is 54.6 Å². The predicted molar refractivity (Wildman–Crippen MR) is 111 cm³/mol. The van der Waals surface area contributed by atoms with E-state index < -0.39 is 0 Å². The Balaban J connectivity index is 1.85. The highest BCUT2D eigenvalue weighted by Gasteiger charge is 2.14. The van der Waals surface area contributed by atoms with Crippen molar-refractivity contribution in [2.24, 2.45) is 0 Å². The quantitative estimate of drug-likeness (QED) is 0.405. The van der Waals surface area contributed by atoms with E-state index in [0.717, 1.165) is 11.4 Å². The summed E-state index contributed by atoms with van der Waals surface area (Å²) >= 11 is 0. The lowest BCUT2D eigenvalue weighted by molar-refractivity contribution is 0.0938. The summed E-state index contributed by atoms with van der Waals surface area (Å²) in [5.41, 5.74) is 8.22. The van der Waals surface area contributed by atoms with Gasteiger partial charge in [-0.2, -0.15) is 0 Å². The first kappa shape index (κ1) is 19.3. The second-order valence-electron chi connectivity index (χ2n) is 6.09. The van der Waals surface area contributed by atoms with Crippen LogP contribution < -0.4 is 21.1 Å². The van der Waals surface area contributed by atoms with Crippen molar-refractivity contribution < 1.29 is 14.3 Å². The topological polar surface area (TPSA) is 85.6 Å². The van der Waals surface area contributed by atoms with Gasteiger partial charge in [-0.25, -0.2) is 0 Å². The number of hydrogen-bond donors (Lipinski definition) is 3. The summed E-state index contributed by atoms with van der Waals surface area (Å²) in [7, 11) is 1.59. The molecule has 0 heterocycles. The van der Waals surface area contributed by atoms with Gasteiger partial charge in [0, 0.05) is 19.3 Å². The molecule has 0 aliphatic rings. The molecule has 6 heteroatoms. The zero-order chi connectivity index (χ0) is 19.8. The molecule has 0 saturated heterocycles. The van der Waals surface area contributed by atoms with Gasteiger partial charge in [0.1, 0.15) is 5.75 Å². The van der Waals surface area contributed by atoms with Gasteiger partial charge in [-0.3, -0.25) is 4.79 Å². The lowest BCUT2D eigenvalue weighted by Gasteiger charge is -2.16. The minimum atomic E-state index is -0.228. The molecule has 0 bridgehead atoms. The fraction of sp³-hybridized carbons (Fsp3) is 0.136. The summed E-state index contributed by atoms with van der Waals surface area (Å²) in [6.45, 7) is 0.849. The van der Waals surface area contributed by atoms with Crippen LogP contribution in [0.4, 0.5) is 17.1 Å². The molecule has 0 unspecified atom stereocenters. The van der Waals surface area contributed by atoms with Crippen molar-refractivity contribution in [2.45, 2.75) is 0 Å². The monoisotopic (exact) mass is 377 g/mol. The van der Waals surface area contributed by atoms with Gasteiger partial charge in [0.25, 0.3) is 5.91 Å². The summed E-state index contributed by atoms with van der Waals surface area (Å²) in [5.74, 6) is 1.15. The lowest BCUT2D eigenvalue weighted by atomic mass is 10.1. The van der Waals surface area contributed by atoms with E-state index in [1.54, 1.807) is 25.3 Å². The SMILES string of the molecule is COCCNC(=O)c1cc(N)ccc1Nc1ccccc1Oc1ccccc1. The lowest BCUT2D eigenvalue weighted by Crippen LogP contribution is -2.27. The van der Waals surface area contributed by atoms with E-state index in [-0.39, 0.29) is 5.91 Å². The highest BCUT2D eigenvalue weighted by Crippen LogP contribution is 2.33. The largest absolute Gasteiger partial charge is 0.455 e. The number of nitrogens with two attached hydrogens (primary N) is 1. The van der Waals surface area contributed by atoms with Gasteiger partial charge in [0.05, 0.1) is 23.5 Å². The van der Waals surface area contributed by atoms with Crippen LogP contribution in [0.2, 0.25) is 0 Å². The van der Waals surface area contributed by atoms with Gasteiger partial charge in [0.15, 0.2) is 5.75 Å². The number of carbonyl (C=O) groups excluding carboxylic acids is 1. The molecule has 3 rings (SSSR count). The maximum Gasteiger partial charge on any atom is 0.253 e. The Morgan fingerprint density at radius 2 is 1.71 bits per heavy atom. The number of carbonyl (C=O) groups is 1. The number of amides is 1. The second-order valence-corrected chi connectivity index (χ2v) is 6.09. The summed E-state index contributed by atoms with van der Waals surface area (Å²) < 4.78 is 11.0. The van der Waals surface area contributed by atoms with E-state index in [4.69, 9.17) is 15.2 Å². The summed E-state index contributed by atoms with van der Waals surface area (Å²) in [5, 5.41) is 6.10. The molecule has 3 aromatic carbocycles. The average Bonchev–Trinajstić information content (AvgIpc) is 2.71. The van der Waals surface area contributed by atoms with Crippen molar-refractivity contribution in [1.82, 2.24) is 5.32 Å². The van der Waals surface area contributed by atoms with Crippen LogP contribution in [-0.2, 0) is 4.74 Å². The van der Waals surface area contributed by atoms with Crippen molar-refractivity contribution in [1.29, 1.82) is 0 Å². The van der Waals surface area contributed by atoms with Gasteiger partial charge in [-0.05, 0) is 42.5 Å². The van der Waals surface area contributed by atoms with Gasteiger partial charge in [-0.1, -0.05) is 30.3 Å². The minimum absolute atomic E-state index is 0.228. The zero-order valence-electron chi connectivity index (χ0n) is 15.6. The molecule has 6 nitrogen and oxygen atoms in total. The number of para-hydroxylation sites is 3. The van der Waals surface area contributed by atoms with Crippen molar-refractivity contribution >= 4 is 23.0 Å². The Morgan fingerprint density at radius 1 is 0.964 bits per heavy atom. The molecule has 3 aromatic rings. The predicted octanol–water partition coefficient (Wildman–Crippen LogP) is 4.18. The molecular weight excluding hydrogens is 354 g/mol. The van der Waals surface area contributed by atoms with Crippen molar-refractivity contribution in [3.63, 3.8) is 0 Å². The number of nitrogens with one attached hydrogen (secondary N) is 2. The zero-order valence-corrected chi connectivity index (χ0v) is 15.6. The van der Waals surface area contributed by atoms with Crippen LogP contribution >= 0.6 is 0 Å². The molecular formula is C22H23N3O3. The maximum atomic E-state index is 12.6. The molecule has 4 N–H and O–H groups in total. The molecule has 28 heavy (non-hydrogen) atoms. The van der Waals surface area contributed by atoms with Gasteiger partial charge < -0.3 is 25.8 Å². The van der Waals surface area contributed by atoms with Gasteiger partial charge >= 0.3 is 0 Å². The van der Waals surface area contributed by atoms with E-state index >= 15 is 0 Å². The van der Waals surface area contributed by atoms with Crippen molar-refractivity contribution in [3.8, 4) is 11.5 Å². The Bertz CT molecular complexity index is 929. The van der Waals surface area contributed by atoms with E-state index in [0.29, 0.717) is 35.8 Å². The third-order valence-electron chi connectivity index (χ3n) is 4.01. The van der Waals surface area contributed by atoms with Crippen LogP contribution in [0.25, 0.3) is 0 Å². The number of rotatable bonds is 8. The van der Waals surface area contributed by atoms with Crippen LogP contribution in [-0.4, -0.2) is 26.2 Å². The first-order valence-corrected chi connectivity index (χ1v) is 8.93. The fourth-order valence-corrected chi connectivity index (χ4v) is 2.64. The first-order valence-electron chi connectivity index (χ1n) is 8.93. The number of hydrogen-bond acceptors (Lipinski definition) is 5. The molecule has 1 amide bonds. The Hall–Kier alpha value is -3.51. The molecule has 0 aliphatic heterocycles. The number of nitrogen functional groups attached to an aromatic ring is 1. The highest BCUT2D eigenvalue weighted by molar-refractivity contribution is 6.01. The van der Waals surface area contributed by atoms with Crippen LogP contribution in [0.15, 0.2) is 72.8 Å². The molecule has 0 atom stereocenters. The smallest absolute Gasteiger partial charge is 0.253 e. The van der Waals surface area contributed by atoms with Crippen LogP contribution in [0, 0.1) is 0 Å². The molecule has 0 aliphatic carbocycles. The second kappa shape index (κ2) is 9.43. The summed E-state index contributed by atoms with van der Waals surface area (Å²) in [4.78, 5) is 12.6. The summed E-state index contributed by atoms with van der Waals surface area (Å²) in [6, 6.07) is 22.2. The van der Waals surface area contributed by atoms with Crippen molar-refractivity contribution in [2.75, 3.05) is 31.3 Å². The number of ether oxygens (including phenoxy) is 2. The Morgan fingerprint density at radius 3 is 2.50 bits per heavy atom. The minimum Gasteiger partial charge on any atom is -0.455 e. The number of methoxy groups -OCH3 is 1. The molecule has 0 saturated carbocycles. The summed E-state index contributed by atoms with van der Waals surface area (Å²) in [6.07, 6.45) is 0. The first-order chi connectivity index (χ1) is 13.7. The Labute approximate surface area is 164 Å². The van der Waals surface area contributed by atoms with E-state index in [2.05, 4.69) is 10.6 Å². The van der Waals surface area contributed by atoms with E-state index in [1.165, 1.54) is 0 Å². The van der Waals surface area contributed by atoms with Gasteiger partial charge in [0.2, 0.25) is 0 Å². The van der Waals surface area contributed by atoms with E-state index in [9.17, 15) is 4.79 Å². The number of anilines is 3. The standard InChI is InChI=1S/C22H23N3O3/c1-27-14-13-24-22(26)18-15-16(23)11-12-19(18)25-20-9-5-6-10-21(20)28-17-7-3-2-4-8-17/h2-12,15,25H,13-14,23H2,1H3,(H,24,26). The molecule has 0 fully saturated rings.